The molecule has 4 rings (SSSR count). The van der Waals surface area contributed by atoms with Crippen LogP contribution in [0.15, 0.2) is 40.7 Å². The van der Waals surface area contributed by atoms with E-state index in [4.69, 9.17) is 9.47 Å². The molecule has 0 bridgehead atoms. The van der Waals surface area contributed by atoms with Gasteiger partial charge >= 0.3 is 0 Å². The van der Waals surface area contributed by atoms with Crippen LogP contribution in [0.2, 0.25) is 0 Å². The van der Waals surface area contributed by atoms with Crippen LogP contribution >= 0.6 is 0 Å². The number of ether oxygens (including phenoxy) is 2. The van der Waals surface area contributed by atoms with Crippen molar-refractivity contribution >= 4 is 11.7 Å². The van der Waals surface area contributed by atoms with Gasteiger partial charge in [0.15, 0.2) is 17.3 Å². The summed E-state index contributed by atoms with van der Waals surface area (Å²) in [7, 11) is 3.20. The number of piperidine rings is 1. The summed E-state index contributed by atoms with van der Waals surface area (Å²) in [5.41, 5.74) is 3.95. The third-order valence-corrected chi connectivity index (χ3v) is 6.85. The van der Waals surface area contributed by atoms with E-state index < -0.39 is 5.92 Å². The molecule has 2 aliphatic heterocycles. The van der Waals surface area contributed by atoms with Gasteiger partial charge in [-0.05, 0) is 55.7 Å². The molecule has 0 spiro atoms. The second kappa shape index (κ2) is 8.64. The molecule has 1 N–H and O–H groups in total. The van der Waals surface area contributed by atoms with E-state index in [1.165, 1.54) is 0 Å². The summed E-state index contributed by atoms with van der Waals surface area (Å²) < 4.78 is 11.0. The molecule has 1 saturated heterocycles. The number of ketones is 1. The first-order valence-corrected chi connectivity index (χ1v) is 11.5. The highest BCUT2D eigenvalue weighted by atomic mass is 16.5. The smallest absolute Gasteiger partial charge is 0.252 e. The highest BCUT2D eigenvalue weighted by Gasteiger charge is 2.43. The van der Waals surface area contributed by atoms with Gasteiger partial charge in [0.1, 0.15) is 0 Å². The SMILES string of the molecule is COc1ccc(C2C(C(=O)N3CCCCC3)=C(C)NC3=C2C(=O)CC(C)(C)C3)cc1OC. The fourth-order valence-corrected chi connectivity index (χ4v) is 5.35. The molecule has 1 amide bonds. The van der Waals surface area contributed by atoms with Crippen LogP contribution in [0.25, 0.3) is 0 Å². The van der Waals surface area contributed by atoms with E-state index in [2.05, 4.69) is 19.2 Å². The predicted molar refractivity (Wildman–Crippen MR) is 124 cm³/mol. The summed E-state index contributed by atoms with van der Waals surface area (Å²) in [5, 5.41) is 3.46. The standard InChI is InChI=1S/C26H34N2O4/c1-16-22(25(30)28-11-7-6-8-12-28)23(17-9-10-20(31-4)21(13-17)32-5)24-18(27-16)14-26(2,3)15-19(24)29/h9-10,13,23,27H,6-8,11-12,14-15H2,1-5H3. The summed E-state index contributed by atoms with van der Waals surface area (Å²) in [6, 6.07) is 5.71. The molecule has 1 aliphatic carbocycles. The molecule has 1 aromatic rings. The Balaban J connectivity index is 1.86. The Kier molecular flexibility index (Phi) is 6.06. The van der Waals surface area contributed by atoms with Crippen LogP contribution in [0.4, 0.5) is 0 Å². The minimum Gasteiger partial charge on any atom is -0.493 e. The van der Waals surface area contributed by atoms with Crippen molar-refractivity contribution in [2.24, 2.45) is 5.41 Å². The molecule has 32 heavy (non-hydrogen) atoms. The number of allylic oxidation sites excluding steroid dienone is 3. The van der Waals surface area contributed by atoms with Gasteiger partial charge in [-0.3, -0.25) is 9.59 Å². The van der Waals surface area contributed by atoms with Gasteiger partial charge in [0.25, 0.3) is 5.91 Å². The number of nitrogens with one attached hydrogen (secondary N) is 1. The van der Waals surface area contributed by atoms with E-state index in [9.17, 15) is 9.59 Å². The van der Waals surface area contributed by atoms with E-state index in [-0.39, 0.29) is 17.1 Å². The Morgan fingerprint density at radius 1 is 1.06 bits per heavy atom. The summed E-state index contributed by atoms with van der Waals surface area (Å²) in [6.45, 7) is 7.73. The molecule has 172 valence electrons. The summed E-state index contributed by atoms with van der Waals surface area (Å²) in [6.07, 6.45) is 4.45. The number of methoxy groups -OCH3 is 2. The highest BCUT2D eigenvalue weighted by molar-refractivity contribution is 6.05. The zero-order valence-corrected chi connectivity index (χ0v) is 19.8. The number of carbonyl (C=O) groups excluding carboxylic acids is 2. The molecule has 3 aliphatic rings. The Bertz CT molecular complexity index is 999. The first kappa shape index (κ1) is 22.4. The zero-order valence-electron chi connectivity index (χ0n) is 19.8. The molecule has 6 heteroatoms. The summed E-state index contributed by atoms with van der Waals surface area (Å²) in [5.74, 6) is 0.944. The lowest BCUT2D eigenvalue weighted by atomic mass is 9.68. The maximum atomic E-state index is 13.8. The maximum absolute atomic E-state index is 13.8. The van der Waals surface area contributed by atoms with Crippen molar-refractivity contribution < 1.29 is 19.1 Å². The minimum atomic E-state index is -0.413. The van der Waals surface area contributed by atoms with Crippen molar-refractivity contribution in [3.63, 3.8) is 0 Å². The summed E-state index contributed by atoms with van der Waals surface area (Å²) in [4.78, 5) is 29.2. The van der Waals surface area contributed by atoms with Crippen LogP contribution in [0.5, 0.6) is 11.5 Å². The molecule has 1 aromatic carbocycles. The van der Waals surface area contributed by atoms with Crippen LogP contribution in [0.3, 0.4) is 0 Å². The number of amides is 1. The molecule has 1 unspecified atom stereocenters. The van der Waals surface area contributed by atoms with Crippen LogP contribution < -0.4 is 14.8 Å². The van der Waals surface area contributed by atoms with Crippen molar-refractivity contribution in [2.75, 3.05) is 27.3 Å². The van der Waals surface area contributed by atoms with Gasteiger partial charge in [0, 0.05) is 48.0 Å². The van der Waals surface area contributed by atoms with Crippen molar-refractivity contribution in [3.8, 4) is 11.5 Å². The van der Waals surface area contributed by atoms with Crippen molar-refractivity contribution in [3.05, 3.63) is 46.3 Å². The second-order valence-electron chi connectivity index (χ2n) is 9.90. The number of Topliss-reactive ketones (excluding diaryl/α,β-unsaturated/α-hetero) is 1. The van der Waals surface area contributed by atoms with Gasteiger partial charge in [-0.25, -0.2) is 0 Å². The van der Waals surface area contributed by atoms with E-state index >= 15 is 0 Å². The molecule has 0 aromatic heterocycles. The lowest BCUT2D eigenvalue weighted by molar-refractivity contribution is -0.128. The fraction of sp³-hybridized carbons (Fsp3) is 0.538. The number of carbonyl (C=O) groups is 2. The van der Waals surface area contributed by atoms with Crippen LogP contribution in [0, 0.1) is 5.41 Å². The Labute approximate surface area is 190 Å². The third-order valence-electron chi connectivity index (χ3n) is 6.85. The predicted octanol–water partition coefficient (Wildman–Crippen LogP) is 4.32. The van der Waals surface area contributed by atoms with Crippen LogP contribution in [-0.4, -0.2) is 43.9 Å². The summed E-state index contributed by atoms with van der Waals surface area (Å²) >= 11 is 0. The van der Waals surface area contributed by atoms with Crippen LogP contribution in [0.1, 0.15) is 64.4 Å². The van der Waals surface area contributed by atoms with E-state index in [0.717, 1.165) is 61.3 Å². The number of benzene rings is 1. The van der Waals surface area contributed by atoms with Gasteiger partial charge < -0.3 is 19.7 Å². The van der Waals surface area contributed by atoms with Gasteiger partial charge in [-0.15, -0.1) is 0 Å². The zero-order chi connectivity index (χ0) is 23.0. The van der Waals surface area contributed by atoms with Gasteiger partial charge in [-0.1, -0.05) is 19.9 Å². The quantitative estimate of drug-likeness (QED) is 0.758. The largest absolute Gasteiger partial charge is 0.493 e. The highest BCUT2D eigenvalue weighted by Crippen LogP contribution is 2.48. The topological polar surface area (TPSA) is 67.9 Å². The lowest BCUT2D eigenvalue weighted by Crippen LogP contribution is -2.43. The molecule has 1 atom stereocenters. The first-order chi connectivity index (χ1) is 15.3. The van der Waals surface area contributed by atoms with Crippen molar-refractivity contribution in [2.45, 2.75) is 58.8 Å². The number of dihydropyridines is 1. The normalized spacial score (nSPS) is 23.0. The molecule has 2 heterocycles. The molecule has 0 saturated carbocycles. The van der Waals surface area contributed by atoms with Gasteiger partial charge in [0.05, 0.1) is 14.2 Å². The molecular formula is C26H34N2O4. The molecule has 6 nitrogen and oxygen atoms in total. The van der Waals surface area contributed by atoms with Crippen molar-refractivity contribution in [1.82, 2.24) is 10.2 Å². The number of nitrogens with zero attached hydrogens (tertiary/aromatic N) is 1. The number of hydrogen-bond acceptors (Lipinski definition) is 5. The number of hydrogen-bond donors (Lipinski definition) is 1. The Morgan fingerprint density at radius 3 is 2.41 bits per heavy atom. The third kappa shape index (κ3) is 4.03. The monoisotopic (exact) mass is 438 g/mol. The fourth-order valence-electron chi connectivity index (χ4n) is 5.35. The average molecular weight is 439 g/mol. The second-order valence-corrected chi connectivity index (χ2v) is 9.90. The number of likely N-dealkylation sites (tertiary alicyclic amines) is 1. The lowest BCUT2D eigenvalue weighted by Gasteiger charge is -2.41. The Morgan fingerprint density at radius 2 is 1.75 bits per heavy atom. The molecular weight excluding hydrogens is 404 g/mol. The van der Waals surface area contributed by atoms with Gasteiger partial charge in [-0.2, -0.15) is 0 Å². The van der Waals surface area contributed by atoms with E-state index in [0.29, 0.717) is 23.5 Å². The minimum absolute atomic E-state index is 0.0265. The first-order valence-electron chi connectivity index (χ1n) is 11.5. The van der Waals surface area contributed by atoms with Crippen LogP contribution in [-0.2, 0) is 9.59 Å². The van der Waals surface area contributed by atoms with E-state index in [1.807, 2.05) is 30.0 Å². The molecule has 0 radical (unpaired) electrons. The number of rotatable bonds is 4. The van der Waals surface area contributed by atoms with Gasteiger partial charge in [0.2, 0.25) is 0 Å². The van der Waals surface area contributed by atoms with E-state index in [1.54, 1.807) is 14.2 Å². The Hall–Kier alpha value is -2.76. The maximum Gasteiger partial charge on any atom is 0.252 e. The van der Waals surface area contributed by atoms with Crippen molar-refractivity contribution in [1.29, 1.82) is 0 Å². The molecule has 1 fully saturated rings. The average Bonchev–Trinajstić information content (AvgIpc) is 2.77.